The molecule has 98 valence electrons. The molecule has 0 N–H and O–H groups in total. The van der Waals surface area contributed by atoms with Crippen molar-refractivity contribution in [2.45, 2.75) is 18.6 Å². The SMILES string of the molecule is CN1CCOC2CCN(C(=O)c3ccsc3)C[C@@H]21. The number of amides is 1. The van der Waals surface area contributed by atoms with E-state index in [0.29, 0.717) is 12.1 Å². The van der Waals surface area contributed by atoms with E-state index in [2.05, 4.69) is 11.9 Å². The van der Waals surface area contributed by atoms with Crippen LogP contribution in [0, 0.1) is 0 Å². The first kappa shape index (κ1) is 12.1. The van der Waals surface area contributed by atoms with E-state index in [1.165, 1.54) is 0 Å². The molecule has 0 bridgehead atoms. The van der Waals surface area contributed by atoms with Gasteiger partial charge in [-0.2, -0.15) is 11.3 Å². The molecule has 3 rings (SSSR count). The highest BCUT2D eigenvalue weighted by Gasteiger charge is 2.36. The molecule has 1 aromatic rings. The van der Waals surface area contributed by atoms with Crippen LogP contribution in [0.1, 0.15) is 16.8 Å². The molecule has 1 aromatic heterocycles. The van der Waals surface area contributed by atoms with Gasteiger partial charge in [0.1, 0.15) is 0 Å². The second-order valence-electron chi connectivity index (χ2n) is 5.01. The van der Waals surface area contributed by atoms with Crippen LogP contribution in [0.25, 0.3) is 0 Å². The van der Waals surface area contributed by atoms with E-state index < -0.39 is 0 Å². The van der Waals surface area contributed by atoms with Gasteiger partial charge in [-0.1, -0.05) is 0 Å². The van der Waals surface area contributed by atoms with E-state index in [0.717, 1.165) is 38.2 Å². The molecule has 0 aromatic carbocycles. The van der Waals surface area contributed by atoms with Crippen LogP contribution < -0.4 is 0 Å². The minimum Gasteiger partial charge on any atom is -0.375 e. The Morgan fingerprint density at radius 1 is 1.50 bits per heavy atom. The molecule has 2 aliphatic heterocycles. The maximum Gasteiger partial charge on any atom is 0.254 e. The van der Waals surface area contributed by atoms with Gasteiger partial charge in [-0.05, 0) is 24.9 Å². The van der Waals surface area contributed by atoms with Crippen molar-refractivity contribution < 1.29 is 9.53 Å². The Bertz CT molecular complexity index is 421. The predicted octanol–water partition coefficient (Wildman–Crippen LogP) is 1.29. The summed E-state index contributed by atoms with van der Waals surface area (Å²) in [5.74, 6) is 0.161. The first-order chi connectivity index (χ1) is 8.75. The van der Waals surface area contributed by atoms with Gasteiger partial charge < -0.3 is 9.64 Å². The molecule has 0 aliphatic carbocycles. The van der Waals surface area contributed by atoms with Crippen molar-refractivity contribution >= 4 is 17.2 Å². The zero-order valence-electron chi connectivity index (χ0n) is 10.5. The number of hydrogen-bond donors (Lipinski definition) is 0. The maximum atomic E-state index is 12.3. The van der Waals surface area contributed by atoms with Crippen molar-refractivity contribution in [2.24, 2.45) is 0 Å². The van der Waals surface area contributed by atoms with Crippen LogP contribution >= 0.6 is 11.3 Å². The fraction of sp³-hybridized carbons (Fsp3) is 0.615. The minimum atomic E-state index is 0.161. The maximum absolute atomic E-state index is 12.3. The Morgan fingerprint density at radius 3 is 3.17 bits per heavy atom. The molecule has 18 heavy (non-hydrogen) atoms. The van der Waals surface area contributed by atoms with Gasteiger partial charge >= 0.3 is 0 Å². The van der Waals surface area contributed by atoms with Crippen LogP contribution in [0.4, 0.5) is 0 Å². The van der Waals surface area contributed by atoms with Gasteiger partial charge in [0.05, 0.1) is 24.3 Å². The molecule has 0 saturated carbocycles. The Balaban J connectivity index is 1.71. The quantitative estimate of drug-likeness (QED) is 0.768. The number of morpholine rings is 1. The van der Waals surface area contributed by atoms with Gasteiger partial charge in [-0.15, -0.1) is 0 Å². The molecule has 2 aliphatic rings. The summed E-state index contributed by atoms with van der Waals surface area (Å²) in [6, 6.07) is 2.26. The molecule has 1 unspecified atom stereocenters. The fourth-order valence-electron chi connectivity index (χ4n) is 2.79. The number of likely N-dealkylation sites (N-methyl/N-ethyl adjacent to an activating group) is 1. The number of thiophene rings is 1. The summed E-state index contributed by atoms with van der Waals surface area (Å²) < 4.78 is 5.79. The third kappa shape index (κ3) is 2.18. The van der Waals surface area contributed by atoms with E-state index in [1.807, 2.05) is 21.7 Å². The number of rotatable bonds is 1. The molecular formula is C13H18N2O2S. The standard InChI is InChI=1S/C13H18N2O2S/c1-14-5-6-17-12-2-4-15(8-11(12)14)13(16)10-3-7-18-9-10/h3,7,9,11-12H,2,4-6,8H2,1H3/t11-,12?/m0/s1. The summed E-state index contributed by atoms with van der Waals surface area (Å²) in [6.45, 7) is 3.37. The number of piperidine rings is 1. The molecule has 0 radical (unpaired) electrons. The molecule has 0 spiro atoms. The zero-order chi connectivity index (χ0) is 12.5. The van der Waals surface area contributed by atoms with Gasteiger partial charge in [-0.25, -0.2) is 0 Å². The number of carbonyl (C=O) groups excluding carboxylic acids is 1. The van der Waals surface area contributed by atoms with Crippen molar-refractivity contribution in [3.8, 4) is 0 Å². The number of hydrogen-bond acceptors (Lipinski definition) is 4. The number of fused-ring (bicyclic) bond motifs is 1. The lowest BCUT2D eigenvalue weighted by molar-refractivity contribution is -0.0893. The second-order valence-corrected chi connectivity index (χ2v) is 5.79. The molecule has 2 fully saturated rings. The normalized spacial score (nSPS) is 29.1. The van der Waals surface area contributed by atoms with E-state index >= 15 is 0 Å². The Hall–Kier alpha value is -0.910. The zero-order valence-corrected chi connectivity index (χ0v) is 11.4. The van der Waals surface area contributed by atoms with Crippen molar-refractivity contribution in [3.05, 3.63) is 22.4 Å². The Morgan fingerprint density at radius 2 is 2.39 bits per heavy atom. The lowest BCUT2D eigenvalue weighted by atomic mass is 9.99. The molecule has 2 atom stereocenters. The van der Waals surface area contributed by atoms with Crippen molar-refractivity contribution in [2.75, 3.05) is 33.3 Å². The topological polar surface area (TPSA) is 32.8 Å². The average molecular weight is 266 g/mol. The van der Waals surface area contributed by atoms with E-state index in [1.54, 1.807) is 11.3 Å². The number of ether oxygens (including phenoxy) is 1. The van der Waals surface area contributed by atoms with Crippen LogP contribution in [0.15, 0.2) is 16.8 Å². The van der Waals surface area contributed by atoms with E-state index in [9.17, 15) is 4.79 Å². The number of carbonyl (C=O) groups is 1. The molecule has 4 nitrogen and oxygen atoms in total. The summed E-state index contributed by atoms with van der Waals surface area (Å²) in [6.07, 6.45) is 1.25. The van der Waals surface area contributed by atoms with Crippen LogP contribution in [-0.2, 0) is 4.74 Å². The summed E-state index contributed by atoms with van der Waals surface area (Å²) in [5.41, 5.74) is 0.817. The highest BCUT2D eigenvalue weighted by molar-refractivity contribution is 7.08. The van der Waals surface area contributed by atoms with Crippen molar-refractivity contribution in [1.82, 2.24) is 9.80 Å². The summed E-state index contributed by atoms with van der Waals surface area (Å²) >= 11 is 1.57. The molecular weight excluding hydrogens is 248 g/mol. The van der Waals surface area contributed by atoms with E-state index in [4.69, 9.17) is 4.74 Å². The third-order valence-corrected chi connectivity index (χ3v) is 4.60. The fourth-order valence-corrected chi connectivity index (χ4v) is 3.42. The Kier molecular flexibility index (Phi) is 3.37. The molecule has 1 amide bonds. The van der Waals surface area contributed by atoms with Crippen molar-refractivity contribution in [3.63, 3.8) is 0 Å². The molecule has 5 heteroatoms. The van der Waals surface area contributed by atoms with Crippen LogP contribution in [0.2, 0.25) is 0 Å². The van der Waals surface area contributed by atoms with E-state index in [-0.39, 0.29) is 5.91 Å². The largest absolute Gasteiger partial charge is 0.375 e. The highest BCUT2D eigenvalue weighted by atomic mass is 32.1. The van der Waals surface area contributed by atoms with Gasteiger partial charge in [0.15, 0.2) is 0 Å². The van der Waals surface area contributed by atoms with Crippen molar-refractivity contribution in [1.29, 1.82) is 0 Å². The van der Waals surface area contributed by atoms with Gasteiger partial charge in [0.25, 0.3) is 5.91 Å². The first-order valence-electron chi connectivity index (χ1n) is 6.39. The summed E-state index contributed by atoms with van der Waals surface area (Å²) in [4.78, 5) is 16.6. The van der Waals surface area contributed by atoms with Crippen LogP contribution in [0.5, 0.6) is 0 Å². The lowest BCUT2D eigenvalue weighted by Crippen LogP contribution is -2.59. The van der Waals surface area contributed by atoms with Gasteiger partial charge in [0.2, 0.25) is 0 Å². The first-order valence-corrected chi connectivity index (χ1v) is 7.33. The predicted molar refractivity (Wildman–Crippen MR) is 71.0 cm³/mol. The van der Waals surface area contributed by atoms with Gasteiger partial charge in [0, 0.05) is 25.0 Å². The number of nitrogens with zero attached hydrogens (tertiary/aromatic N) is 2. The summed E-state index contributed by atoms with van der Waals surface area (Å²) in [7, 11) is 2.12. The number of likely N-dealkylation sites (tertiary alicyclic amines) is 1. The van der Waals surface area contributed by atoms with Gasteiger partial charge in [-0.3, -0.25) is 9.69 Å². The molecule has 2 saturated heterocycles. The van der Waals surface area contributed by atoms with Crippen LogP contribution in [0.3, 0.4) is 0 Å². The summed E-state index contributed by atoms with van der Waals surface area (Å²) in [5, 5.41) is 3.88. The lowest BCUT2D eigenvalue weighted by Gasteiger charge is -2.45. The monoisotopic (exact) mass is 266 g/mol. The average Bonchev–Trinajstić information content (AvgIpc) is 2.92. The second kappa shape index (κ2) is 4.99. The van der Waals surface area contributed by atoms with Crippen LogP contribution in [-0.4, -0.2) is 61.1 Å². The highest BCUT2D eigenvalue weighted by Crippen LogP contribution is 2.23. The molecule has 3 heterocycles. The smallest absolute Gasteiger partial charge is 0.254 e. The third-order valence-electron chi connectivity index (χ3n) is 3.92. The Labute approximate surface area is 111 Å². The minimum absolute atomic E-state index is 0.161.